The number of rotatable bonds is 7. The van der Waals surface area contributed by atoms with Crippen molar-refractivity contribution in [2.75, 3.05) is 26.2 Å². The summed E-state index contributed by atoms with van der Waals surface area (Å²) in [7, 11) is 0. The van der Waals surface area contributed by atoms with Crippen LogP contribution in [0, 0.1) is 11.8 Å². The van der Waals surface area contributed by atoms with Gasteiger partial charge in [0.15, 0.2) is 0 Å². The first-order valence-electron chi connectivity index (χ1n) is 5.72. The Morgan fingerprint density at radius 1 is 1.38 bits per heavy atom. The third-order valence-corrected chi connectivity index (χ3v) is 3.09. The summed E-state index contributed by atoms with van der Waals surface area (Å²) in [5, 5.41) is 0. The molecule has 0 aromatic heterocycles. The first kappa shape index (κ1) is 11.0. The molecular weight excluding hydrogens is 160 g/mol. The summed E-state index contributed by atoms with van der Waals surface area (Å²) in [6.45, 7) is 9.05. The van der Waals surface area contributed by atoms with Gasteiger partial charge in [0.2, 0.25) is 0 Å². The van der Waals surface area contributed by atoms with Crippen molar-refractivity contribution >= 4 is 0 Å². The van der Waals surface area contributed by atoms with Gasteiger partial charge >= 0.3 is 0 Å². The molecule has 0 saturated heterocycles. The fraction of sp³-hybridized carbons (Fsp3) is 1.00. The average molecular weight is 184 g/mol. The molecule has 1 aliphatic carbocycles. The molecule has 2 heteroatoms. The van der Waals surface area contributed by atoms with Crippen LogP contribution in [0.1, 0.15) is 33.1 Å². The Labute approximate surface area is 82.5 Å². The monoisotopic (exact) mass is 184 g/mol. The minimum atomic E-state index is 0.707. The molecular formula is C11H24N2. The number of hydrogen-bond donors (Lipinski definition) is 1. The molecule has 13 heavy (non-hydrogen) atoms. The molecule has 0 spiro atoms. The zero-order valence-electron chi connectivity index (χ0n) is 9.13. The molecule has 0 aromatic carbocycles. The number of nitrogens with zero attached hydrogens (tertiary/aromatic N) is 1. The summed E-state index contributed by atoms with van der Waals surface area (Å²) in [4.78, 5) is 2.57. The molecule has 1 aliphatic rings. The van der Waals surface area contributed by atoms with Crippen LogP contribution in [0.5, 0.6) is 0 Å². The van der Waals surface area contributed by atoms with Crippen molar-refractivity contribution in [1.29, 1.82) is 0 Å². The Morgan fingerprint density at radius 2 is 2.08 bits per heavy atom. The van der Waals surface area contributed by atoms with Crippen LogP contribution in [0.25, 0.3) is 0 Å². The Kier molecular flexibility index (Phi) is 4.74. The predicted molar refractivity (Wildman–Crippen MR) is 57.7 cm³/mol. The summed E-state index contributed by atoms with van der Waals surface area (Å²) >= 11 is 0. The van der Waals surface area contributed by atoms with E-state index in [1.807, 2.05) is 0 Å². The van der Waals surface area contributed by atoms with Gasteiger partial charge in [-0.25, -0.2) is 0 Å². The van der Waals surface area contributed by atoms with Gasteiger partial charge in [-0.15, -0.1) is 0 Å². The maximum Gasteiger partial charge on any atom is 0.00216 e. The zero-order chi connectivity index (χ0) is 9.68. The van der Waals surface area contributed by atoms with E-state index in [9.17, 15) is 0 Å². The van der Waals surface area contributed by atoms with E-state index in [4.69, 9.17) is 5.73 Å². The Hall–Kier alpha value is -0.0800. The van der Waals surface area contributed by atoms with E-state index in [-0.39, 0.29) is 0 Å². The van der Waals surface area contributed by atoms with Crippen LogP contribution in [0.4, 0.5) is 0 Å². The standard InChI is InChI=1S/C11H24N2/c1-3-10(7-12)8-13(4-2)9-11-5-6-11/h10-11H,3-9,12H2,1-2H3. The molecule has 1 rings (SSSR count). The highest BCUT2D eigenvalue weighted by atomic mass is 15.1. The van der Waals surface area contributed by atoms with E-state index >= 15 is 0 Å². The minimum absolute atomic E-state index is 0.707. The molecule has 0 aromatic rings. The molecule has 0 amide bonds. The summed E-state index contributed by atoms with van der Waals surface area (Å²) in [5.41, 5.74) is 5.71. The first-order valence-corrected chi connectivity index (χ1v) is 5.72. The molecule has 0 bridgehead atoms. The van der Waals surface area contributed by atoms with Crippen molar-refractivity contribution in [3.63, 3.8) is 0 Å². The largest absolute Gasteiger partial charge is 0.330 e. The first-order chi connectivity index (χ1) is 6.30. The normalized spacial score (nSPS) is 19.4. The molecule has 1 atom stereocenters. The van der Waals surface area contributed by atoms with Crippen LogP contribution in [-0.4, -0.2) is 31.1 Å². The van der Waals surface area contributed by atoms with Crippen molar-refractivity contribution in [1.82, 2.24) is 4.90 Å². The maximum atomic E-state index is 5.71. The van der Waals surface area contributed by atoms with Crippen LogP contribution in [0.3, 0.4) is 0 Å². The van der Waals surface area contributed by atoms with Crippen LogP contribution in [0.2, 0.25) is 0 Å². The van der Waals surface area contributed by atoms with Crippen LogP contribution >= 0.6 is 0 Å². The van der Waals surface area contributed by atoms with E-state index in [1.54, 1.807) is 0 Å². The fourth-order valence-electron chi connectivity index (χ4n) is 1.73. The number of hydrogen-bond acceptors (Lipinski definition) is 2. The third kappa shape index (κ3) is 4.10. The summed E-state index contributed by atoms with van der Waals surface area (Å²) in [5.74, 6) is 1.72. The summed E-state index contributed by atoms with van der Waals surface area (Å²) in [6.07, 6.45) is 4.13. The van der Waals surface area contributed by atoms with E-state index in [2.05, 4.69) is 18.7 Å². The Bertz CT molecular complexity index is 128. The second-order valence-corrected chi connectivity index (χ2v) is 4.31. The van der Waals surface area contributed by atoms with Gasteiger partial charge in [-0.3, -0.25) is 0 Å². The molecule has 1 saturated carbocycles. The van der Waals surface area contributed by atoms with Gasteiger partial charge in [-0.2, -0.15) is 0 Å². The smallest absolute Gasteiger partial charge is 0.00216 e. The van der Waals surface area contributed by atoms with Gasteiger partial charge in [-0.05, 0) is 37.8 Å². The summed E-state index contributed by atoms with van der Waals surface area (Å²) < 4.78 is 0. The van der Waals surface area contributed by atoms with Crippen molar-refractivity contribution in [3.05, 3.63) is 0 Å². The molecule has 2 nitrogen and oxygen atoms in total. The average Bonchev–Trinajstić information content (AvgIpc) is 2.95. The van der Waals surface area contributed by atoms with Crippen molar-refractivity contribution in [2.45, 2.75) is 33.1 Å². The topological polar surface area (TPSA) is 29.3 Å². The van der Waals surface area contributed by atoms with E-state index in [1.165, 1.54) is 38.9 Å². The van der Waals surface area contributed by atoms with Gasteiger partial charge in [-0.1, -0.05) is 20.3 Å². The molecule has 2 N–H and O–H groups in total. The van der Waals surface area contributed by atoms with E-state index in [0.29, 0.717) is 5.92 Å². The lowest BCUT2D eigenvalue weighted by atomic mass is 10.1. The second kappa shape index (κ2) is 5.61. The minimum Gasteiger partial charge on any atom is -0.330 e. The van der Waals surface area contributed by atoms with Crippen molar-refractivity contribution in [3.8, 4) is 0 Å². The molecule has 0 radical (unpaired) electrons. The molecule has 0 aliphatic heterocycles. The Balaban J connectivity index is 2.19. The quantitative estimate of drug-likeness (QED) is 0.652. The van der Waals surface area contributed by atoms with Gasteiger partial charge in [0.05, 0.1) is 0 Å². The highest BCUT2D eigenvalue weighted by molar-refractivity contribution is 4.78. The highest BCUT2D eigenvalue weighted by Gasteiger charge is 2.24. The fourth-order valence-corrected chi connectivity index (χ4v) is 1.73. The van der Waals surface area contributed by atoms with E-state index < -0.39 is 0 Å². The van der Waals surface area contributed by atoms with Crippen LogP contribution < -0.4 is 5.73 Å². The van der Waals surface area contributed by atoms with Gasteiger partial charge in [0.1, 0.15) is 0 Å². The van der Waals surface area contributed by atoms with Crippen molar-refractivity contribution in [2.24, 2.45) is 17.6 Å². The second-order valence-electron chi connectivity index (χ2n) is 4.31. The lowest BCUT2D eigenvalue weighted by Crippen LogP contribution is -2.34. The van der Waals surface area contributed by atoms with Crippen LogP contribution in [-0.2, 0) is 0 Å². The SMILES string of the molecule is CCC(CN)CN(CC)CC1CC1. The maximum absolute atomic E-state index is 5.71. The van der Waals surface area contributed by atoms with Crippen LogP contribution in [0.15, 0.2) is 0 Å². The predicted octanol–water partition coefficient (Wildman–Crippen LogP) is 1.70. The lowest BCUT2D eigenvalue weighted by molar-refractivity contribution is 0.231. The van der Waals surface area contributed by atoms with Gasteiger partial charge < -0.3 is 10.6 Å². The number of nitrogens with two attached hydrogens (primary N) is 1. The Morgan fingerprint density at radius 3 is 2.46 bits per heavy atom. The lowest BCUT2D eigenvalue weighted by Gasteiger charge is -2.24. The van der Waals surface area contributed by atoms with Gasteiger partial charge in [0.25, 0.3) is 0 Å². The van der Waals surface area contributed by atoms with Crippen molar-refractivity contribution < 1.29 is 0 Å². The molecule has 78 valence electrons. The van der Waals surface area contributed by atoms with Gasteiger partial charge in [0, 0.05) is 13.1 Å². The third-order valence-electron chi connectivity index (χ3n) is 3.09. The highest BCUT2D eigenvalue weighted by Crippen LogP contribution is 2.29. The molecule has 0 heterocycles. The van der Waals surface area contributed by atoms with E-state index in [0.717, 1.165) is 12.5 Å². The zero-order valence-corrected chi connectivity index (χ0v) is 9.13. The molecule has 1 unspecified atom stereocenters. The molecule has 1 fully saturated rings. The summed E-state index contributed by atoms with van der Waals surface area (Å²) in [6, 6.07) is 0.